The third-order valence-electron chi connectivity index (χ3n) is 4.67. The summed E-state index contributed by atoms with van der Waals surface area (Å²) in [6, 6.07) is 20.8. The summed E-state index contributed by atoms with van der Waals surface area (Å²) in [5.74, 6) is 0. The number of benzene rings is 3. The summed E-state index contributed by atoms with van der Waals surface area (Å²) in [4.78, 5) is 0. The van der Waals surface area contributed by atoms with Crippen molar-refractivity contribution in [2.75, 3.05) is 10.6 Å². The third-order valence-corrected chi connectivity index (χ3v) is 4.67. The van der Waals surface area contributed by atoms with Crippen LogP contribution in [0.1, 0.15) is 22.3 Å². The Balaban J connectivity index is 1.81. The maximum Gasteiger partial charge on any atom is 0.0471 e. The zero-order valence-electron chi connectivity index (χ0n) is 14.3. The Morgan fingerprint density at radius 2 is 1.64 bits per heavy atom. The van der Waals surface area contributed by atoms with E-state index in [-0.39, 0.29) is 0 Å². The Morgan fingerprint density at radius 3 is 2.44 bits per heavy atom. The van der Waals surface area contributed by atoms with Crippen LogP contribution in [0, 0.1) is 6.92 Å². The largest absolute Gasteiger partial charge is 0.355 e. The van der Waals surface area contributed by atoms with Crippen LogP contribution in [0.3, 0.4) is 0 Å². The summed E-state index contributed by atoms with van der Waals surface area (Å²) in [6.07, 6.45) is 1.88. The molecule has 0 aliphatic carbocycles. The fourth-order valence-electron chi connectivity index (χ4n) is 3.25. The first-order valence-electron chi connectivity index (χ1n) is 8.36. The maximum absolute atomic E-state index is 4.32. The average molecular weight is 324 g/mol. The number of hydrogen-bond acceptors (Lipinski definition) is 2. The molecule has 0 fully saturated rings. The lowest BCUT2D eigenvalue weighted by Crippen LogP contribution is -2.07. The first-order valence-corrected chi connectivity index (χ1v) is 8.36. The van der Waals surface area contributed by atoms with Gasteiger partial charge in [0, 0.05) is 33.9 Å². The minimum atomic E-state index is 1.03. The van der Waals surface area contributed by atoms with Crippen LogP contribution in [0.4, 0.5) is 22.7 Å². The topological polar surface area (TPSA) is 24.1 Å². The van der Waals surface area contributed by atoms with E-state index >= 15 is 0 Å². The molecule has 0 spiro atoms. The smallest absolute Gasteiger partial charge is 0.0471 e. The van der Waals surface area contributed by atoms with Gasteiger partial charge in [0.25, 0.3) is 0 Å². The van der Waals surface area contributed by atoms with Crippen LogP contribution in [0.15, 0.2) is 73.8 Å². The second-order valence-corrected chi connectivity index (χ2v) is 6.28. The second-order valence-electron chi connectivity index (χ2n) is 6.28. The van der Waals surface area contributed by atoms with E-state index in [9.17, 15) is 0 Å². The molecule has 1 aliphatic rings. The molecule has 0 bridgehead atoms. The number of nitrogens with one attached hydrogen (secondary N) is 2. The molecular weight excluding hydrogens is 304 g/mol. The van der Waals surface area contributed by atoms with E-state index in [1.807, 2.05) is 30.3 Å². The highest BCUT2D eigenvalue weighted by atomic mass is 14.9. The van der Waals surface area contributed by atoms with Crippen molar-refractivity contribution in [3.63, 3.8) is 0 Å². The zero-order chi connectivity index (χ0) is 17.4. The highest BCUT2D eigenvalue weighted by Crippen LogP contribution is 2.42. The Morgan fingerprint density at radius 1 is 0.880 bits per heavy atom. The lowest BCUT2D eigenvalue weighted by Gasteiger charge is -2.25. The van der Waals surface area contributed by atoms with Gasteiger partial charge in [-0.15, -0.1) is 0 Å². The molecule has 1 aliphatic heterocycles. The zero-order valence-corrected chi connectivity index (χ0v) is 14.3. The molecule has 3 aromatic rings. The van der Waals surface area contributed by atoms with Gasteiger partial charge in [-0.1, -0.05) is 55.6 Å². The van der Waals surface area contributed by atoms with Crippen molar-refractivity contribution in [3.8, 4) is 0 Å². The molecule has 0 radical (unpaired) electrons. The number of hydrogen-bond donors (Lipinski definition) is 2. The number of fused-ring (bicyclic) bond motifs is 2. The van der Waals surface area contributed by atoms with Gasteiger partial charge in [0.15, 0.2) is 0 Å². The lowest BCUT2D eigenvalue weighted by molar-refractivity contribution is 1.40. The molecule has 2 heteroatoms. The van der Waals surface area contributed by atoms with Gasteiger partial charge in [0.05, 0.1) is 0 Å². The first-order chi connectivity index (χ1) is 12.2. The minimum Gasteiger partial charge on any atom is -0.355 e. The third kappa shape index (κ3) is 2.62. The van der Waals surface area contributed by atoms with Crippen molar-refractivity contribution in [3.05, 3.63) is 96.1 Å². The molecule has 3 aromatic carbocycles. The van der Waals surface area contributed by atoms with Crippen LogP contribution < -0.4 is 10.6 Å². The van der Waals surface area contributed by atoms with E-state index in [0.29, 0.717) is 0 Å². The fraction of sp³-hybridized carbons (Fsp3) is 0.0435. The van der Waals surface area contributed by atoms with Crippen LogP contribution >= 0.6 is 0 Å². The number of aryl methyl sites for hydroxylation is 1. The summed E-state index contributed by atoms with van der Waals surface area (Å²) in [6.45, 7) is 10.4. The van der Waals surface area contributed by atoms with Gasteiger partial charge in [0.2, 0.25) is 0 Å². The van der Waals surface area contributed by atoms with Gasteiger partial charge < -0.3 is 10.6 Å². The minimum absolute atomic E-state index is 1.03. The molecule has 122 valence electrons. The van der Waals surface area contributed by atoms with Crippen molar-refractivity contribution in [2.45, 2.75) is 6.92 Å². The van der Waals surface area contributed by atoms with Crippen molar-refractivity contribution in [1.82, 2.24) is 0 Å². The quantitative estimate of drug-likeness (QED) is 0.449. The Labute approximate surface area is 148 Å². The molecule has 4 rings (SSSR count). The normalized spacial score (nSPS) is 12.0. The molecule has 0 aromatic heterocycles. The Hall–Kier alpha value is -3.26. The van der Waals surface area contributed by atoms with E-state index < -0.39 is 0 Å². The van der Waals surface area contributed by atoms with Gasteiger partial charge in [-0.3, -0.25) is 0 Å². The Kier molecular flexibility index (Phi) is 3.66. The predicted octanol–water partition coefficient (Wildman–Crippen LogP) is 6.50. The van der Waals surface area contributed by atoms with Crippen molar-refractivity contribution >= 4 is 34.4 Å². The molecule has 0 amide bonds. The van der Waals surface area contributed by atoms with Crippen LogP contribution in [0.5, 0.6) is 0 Å². The summed E-state index contributed by atoms with van der Waals surface area (Å²) in [7, 11) is 0. The SMILES string of the molecule is C=Cc1cc2c(cc1Nc1ccccc1C)C(=C)c1ccccc1N2. The molecule has 0 atom stereocenters. The summed E-state index contributed by atoms with van der Waals surface area (Å²) in [5, 5.41) is 7.06. The second kappa shape index (κ2) is 5.99. The standard InChI is InChI=1S/C23H20N2/c1-4-17-13-23-19(16(3)18-10-6-8-12-21(18)25-23)14-22(17)24-20-11-7-5-9-15(20)2/h4-14,24-25H,1,3H2,2H3. The first kappa shape index (κ1) is 15.3. The van der Waals surface area contributed by atoms with Crippen molar-refractivity contribution in [2.24, 2.45) is 0 Å². The average Bonchev–Trinajstić information content (AvgIpc) is 2.64. The summed E-state index contributed by atoms with van der Waals surface area (Å²) >= 11 is 0. The van der Waals surface area contributed by atoms with E-state index in [1.165, 1.54) is 5.56 Å². The monoisotopic (exact) mass is 324 g/mol. The van der Waals surface area contributed by atoms with Gasteiger partial charge in [-0.05, 0) is 47.9 Å². The molecule has 0 saturated carbocycles. The van der Waals surface area contributed by atoms with Crippen molar-refractivity contribution in [1.29, 1.82) is 0 Å². The molecule has 0 saturated heterocycles. The van der Waals surface area contributed by atoms with Gasteiger partial charge >= 0.3 is 0 Å². The predicted molar refractivity (Wildman–Crippen MR) is 109 cm³/mol. The number of para-hydroxylation sites is 2. The van der Waals surface area contributed by atoms with Gasteiger partial charge in [0.1, 0.15) is 0 Å². The van der Waals surface area contributed by atoms with E-state index in [0.717, 1.165) is 45.0 Å². The lowest BCUT2D eigenvalue weighted by atomic mass is 9.91. The molecule has 2 N–H and O–H groups in total. The molecular formula is C23H20N2. The molecule has 0 unspecified atom stereocenters. The highest BCUT2D eigenvalue weighted by molar-refractivity contribution is 5.98. The Bertz CT molecular complexity index is 999. The summed E-state index contributed by atoms with van der Waals surface area (Å²) < 4.78 is 0. The van der Waals surface area contributed by atoms with E-state index in [1.54, 1.807) is 0 Å². The maximum atomic E-state index is 4.32. The summed E-state index contributed by atoms with van der Waals surface area (Å²) in [5.41, 5.74) is 9.84. The molecule has 25 heavy (non-hydrogen) atoms. The fourth-order valence-corrected chi connectivity index (χ4v) is 3.25. The highest BCUT2D eigenvalue weighted by Gasteiger charge is 2.19. The van der Waals surface area contributed by atoms with Crippen LogP contribution in [0.25, 0.3) is 11.6 Å². The van der Waals surface area contributed by atoms with E-state index in [4.69, 9.17) is 0 Å². The van der Waals surface area contributed by atoms with Crippen LogP contribution in [-0.2, 0) is 0 Å². The van der Waals surface area contributed by atoms with Gasteiger partial charge in [-0.2, -0.15) is 0 Å². The van der Waals surface area contributed by atoms with Gasteiger partial charge in [-0.25, -0.2) is 0 Å². The van der Waals surface area contributed by atoms with E-state index in [2.05, 4.69) is 67.1 Å². The molecule has 2 nitrogen and oxygen atoms in total. The van der Waals surface area contributed by atoms with Crippen LogP contribution in [-0.4, -0.2) is 0 Å². The molecule has 1 heterocycles. The van der Waals surface area contributed by atoms with Crippen molar-refractivity contribution < 1.29 is 0 Å². The van der Waals surface area contributed by atoms with Crippen LogP contribution in [0.2, 0.25) is 0 Å². The number of rotatable bonds is 3. The number of anilines is 4.